The van der Waals surface area contributed by atoms with Crippen molar-refractivity contribution in [1.82, 2.24) is 10.6 Å². The number of aliphatic hydroxyl groups is 1. The Morgan fingerprint density at radius 3 is 2.52 bits per heavy atom. The molecule has 6 heteroatoms. The molecule has 0 aliphatic heterocycles. The molecule has 3 N–H and O–H groups in total. The molecule has 0 aliphatic rings. The maximum Gasteiger partial charge on any atom is 0.191 e. The van der Waals surface area contributed by atoms with Crippen molar-refractivity contribution >= 4 is 29.9 Å². The number of hydrogen-bond acceptors (Lipinski definition) is 3. The number of aliphatic imine (C=N–C) groups is 1. The SMILES string of the molecule is CCNC(=NCC(O)c1cccc(OC(C)C)c1)NCCC(C)C.I. The van der Waals surface area contributed by atoms with Gasteiger partial charge in [0.1, 0.15) is 5.75 Å². The van der Waals surface area contributed by atoms with Crippen molar-refractivity contribution in [2.45, 2.75) is 53.2 Å². The van der Waals surface area contributed by atoms with E-state index in [2.05, 4.69) is 29.5 Å². The topological polar surface area (TPSA) is 65.9 Å². The van der Waals surface area contributed by atoms with E-state index in [9.17, 15) is 5.11 Å². The maximum absolute atomic E-state index is 10.4. The molecule has 0 fully saturated rings. The minimum absolute atomic E-state index is 0. The second-order valence-corrected chi connectivity index (χ2v) is 6.58. The van der Waals surface area contributed by atoms with Crippen LogP contribution >= 0.6 is 24.0 Å². The summed E-state index contributed by atoms with van der Waals surface area (Å²) in [5, 5.41) is 16.9. The van der Waals surface area contributed by atoms with Crippen LogP contribution in [0.5, 0.6) is 5.75 Å². The van der Waals surface area contributed by atoms with Gasteiger partial charge in [0.15, 0.2) is 5.96 Å². The number of guanidine groups is 1. The summed E-state index contributed by atoms with van der Waals surface area (Å²) in [4.78, 5) is 4.48. The summed E-state index contributed by atoms with van der Waals surface area (Å²) in [5.41, 5.74) is 0.815. The maximum atomic E-state index is 10.4. The molecule has 0 bridgehead atoms. The zero-order chi connectivity index (χ0) is 17.9. The molecule has 0 aromatic heterocycles. The van der Waals surface area contributed by atoms with Crippen LogP contribution in [0.15, 0.2) is 29.3 Å². The summed E-state index contributed by atoms with van der Waals surface area (Å²) in [6.45, 7) is 12.4. The highest BCUT2D eigenvalue weighted by atomic mass is 127. The van der Waals surface area contributed by atoms with E-state index in [-0.39, 0.29) is 30.1 Å². The third-order valence-corrected chi connectivity index (χ3v) is 3.40. The molecular weight excluding hydrogens is 429 g/mol. The molecule has 25 heavy (non-hydrogen) atoms. The molecule has 0 aliphatic carbocycles. The van der Waals surface area contributed by atoms with Crippen LogP contribution in [0.4, 0.5) is 0 Å². The quantitative estimate of drug-likeness (QED) is 0.297. The van der Waals surface area contributed by atoms with Gasteiger partial charge in [-0.2, -0.15) is 0 Å². The van der Waals surface area contributed by atoms with Gasteiger partial charge in [0, 0.05) is 13.1 Å². The van der Waals surface area contributed by atoms with Crippen LogP contribution in [0, 0.1) is 5.92 Å². The van der Waals surface area contributed by atoms with Crippen molar-refractivity contribution in [3.63, 3.8) is 0 Å². The molecule has 5 nitrogen and oxygen atoms in total. The fourth-order valence-corrected chi connectivity index (χ4v) is 2.17. The van der Waals surface area contributed by atoms with Crippen molar-refractivity contribution in [1.29, 1.82) is 0 Å². The van der Waals surface area contributed by atoms with Gasteiger partial charge in [-0.3, -0.25) is 4.99 Å². The molecule has 0 saturated carbocycles. The predicted molar refractivity (Wildman–Crippen MR) is 116 cm³/mol. The van der Waals surface area contributed by atoms with Crippen LogP contribution < -0.4 is 15.4 Å². The highest BCUT2D eigenvalue weighted by Gasteiger charge is 2.09. The lowest BCUT2D eigenvalue weighted by Gasteiger charge is -2.15. The second-order valence-electron chi connectivity index (χ2n) is 6.58. The first-order valence-electron chi connectivity index (χ1n) is 8.89. The largest absolute Gasteiger partial charge is 0.491 e. The summed E-state index contributed by atoms with van der Waals surface area (Å²) in [6, 6.07) is 7.56. The summed E-state index contributed by atoms with van der Waals surface area (Å²) in [7, 11) is 0. The zero-order valence-corrected chi connectivity index (χ0v) is 18.4. The van der Waals surface area contributed by atoms with Crippen LogP contribution in [0.1, 0.15) is 52.7 Å². The number of hydrogen-bond donors (Lipinski definition) is 3. The average molecular weight is 463 g/mol. The Hall–Kier alpha value is -1.02. The summed E-state index contributed by atoms with van der Waals surface area (Å²) >= 11 is 0. The van der Waals surface area contributed by atoms with Gasteiger partial charge in [-0.25, -0.2) is 0 Å². The minimum Gasteiger partial charge on any atom is -0.491 e. The molecule has 0 radical (unpaired) electrons. The van der Waals surface area contributed by atoms with E-state index in [1.807, 2.05) is 45.0 Å². The summed E-state index contributed by atoms with van der Waals surface area (Å²) in [5.74, 6) is 2.16. The van der Waals surface area contributed by atoms with E-state index >= 15 is 0 Å². The van der Waals surface area contributed by atoms with Crippen molar-refractivity contribution in [2.75, 3.05) is 19.6 Å². The van der Waals surface area contributed by atoms with E-state index in [1.165, 1.54) is 0 Å². The number of nitrogens with zero attached hydrogens (tertiary/aromatic N) is 1. The van der Waals surface area contributed by atoms with E-state index in [4.69, 9.17) is 4.74 Å². The van der Waals surface area contributed by atoms with Gasteiger partial charge in [-0.05, 0) is 50.8 Å². The van der Waals surface area contributed by atoms with Gasteiger partial charge < -0.3 is 20.5 Å². The standard InChI is InChI=1S/C19H33N3O2.HI/c1-6-20-19(21-11-10-14(2)3)22-13-18(23)16-8-7-9-17(12-16)24-15(4)5;/h7-9,12,14-15,18,23H,6,10-11,13H2,1-5H3,(H2,20,21,22);1H. The Bertz CT molecular complexity index is 507. The molecule has 0 spiro atoms. The molecule has 1 rings (SSSR count). The molecule has 1 unspecified atom stereocenters. The lowest BCUT2D eigenvalue weighted by Crippen LogP contribution is -2.38. The number of benzene rings is 1. The Morgan fingerprint density at radius 2 is 1.92 bits per heavy atom. The van der Waals surface area contributed by atoms with Crippen LogP contribution in [0.3, 0.4) is 0 Å². The predicted octanol–water partition coefficient (Wildman–Crippen LogP) is 3.73. The third-order valence-electron chi connectivity index (χ3n) is 3.40. The van der Waals surface area contributed by atoms with Gasteiger partial charge in [-0.1, -0.05) is 26.0 Å². The van der Waals surface area contributed by atoms with Crippen LogP contribution in [0.25, 0.3) is 0 Å². The van der Waals surface area contributed by atoms with Gasteiger partial charge in [-0.15, -0.1) is 24.0 Å². The Kier molecular flexibility index (Phi) is 12.7. The first-order chi connectivity index (χ1) is 11.4. The highest BCUT2D eigenvalue weighted by molar-refractivity contribution is 14.0. The highest BCUT2D eigenvalue weighted by Crippen LogP contribution is 2.20. The van der Waals surface area contributed by atoms with E-state index in [1.54, 1.807) is 0 Å². The molecule has 0 amide bonds. The zero-order valence-electron chi connectivity index (χ0n) is 16.1. The Balaban J connectivity index is 0.00000576. The molecule has 0 heterocycles. The smallest absolute Gasteiger partial charge is 0.191 e. The van der Waals surface area contributed by atoms with E-state index in [0.717, 1.165) is 36.8 Å². The number of ether oxygens (including phenoxy) is 1. The summed E-state index contributed by atoms with van der Waals surface area (Å²) < 4.78 is 5.67. The van der Waals surface area contributed by atoms with Crippen LogP contribution in [0.2, 0.25) is 0 Å². The van der Waals surface area contributed by atoms with Crippen molar-refractivity contribution in [2.24, 2.45) is 10.9 Å². The third kappa shape index (κ3) is 10.5. The van der Waals surface area contributed by atoms with Gasteiger partial charge in [0.2, 0.25) is 0 Å². The number of halogens is 1. The molecule has 144 valence electrons. The molecule has 1 aromatic carbocycles. The number of aliphatic hydroxyl groups excluding tert-OH is 1. The van der Waals surface area contributed by atoms with Crippen LogP contribution in [-0.2, 0) is 0 Å². The molecule has 1 atom stereocenters. The Labute approximate surface area is 169 Å². The molecular formula is C19H34IN3O2. The van der Waals surface area contributed by atoms with Crippen LogP contribution in [-0.4, -0.2) is 36.8 Å². The van der Waals surface area contributed by atoms with Gasteiger partial charge in [0.05, 0.1) is 18.8 Å². The monoisotopic (exact) mass is 463 g/mol. The first kappa shape index (κ1) is 24.0. The van der Waals surface area contributed by atoms with Crippen molar-refractivity contribution in [3.05, 3.63) is 29.8 Å². The lowest BCUT2D eigenvalue weighted by atomic mass is 10.1. The van der Waals surface area contributed by atoms with E-state index in [0.29, 0.717) is 12.5 Å². The van der Waals surface area contributed by atoms with Crippen molar-refractivity contribution < 1.29 is 9.84 Å². The fourth-order valence-electron chi connectivity index (χ4n) is 2.17. The van der Waals surface area contributed by atoms with Gasteiger partial charge >= 0.3 is 0 Å². The van der Waals surface area contributed by atoms with Crippen molar-refractivity contribution in [3.8, 4) is 5.75 Å². The first-order valence-corrected chi connectivity index (χ1v) is 8.89. The minimum atomic E-state index is -0.652. The summed E-state index contributed by atoms with van der Waals surface area (Å²) in [6.07, 6.45) is 0.545. The number of rotatable bonds is 9. The molecule has 0 saturated heterocycles. The van der Waals surface area contributed by atoms with E-state index < -0.39 is 6.10 Å². The Morgan fingerprint density at radius 1 is 1.20 bits per heavy atom. The van der Waals surface area contributed by atoms with Gasteiger partial charge in [0.25, 0.3) is 0 Å². The fraction of sp³-hybridized carbons (Fsp3) is 0.632. The average Bonchev–Trinajstić information content (AvgIpc) is 2.51. The lowest BCUT2D eigenvalue weighted by molar-refractivity contribution is 0.185. The molecule has 1 aromatic rings. The number of nitrogens with one attached hydrogen (secondary N) is 2. The second kappa shape index (κ2) is 13.2. The normalized spacial score (nSPS) is 12.7.